The number of carbonyl (C=O) groups excluding carboxylic acids is 5. The molecular weight excluding hydrogens is 681 g/mol. The first kappa shape index (κ1) is 37.7. The molecule has 0 spiro atoms. The summed E-state index contributed by atoms with van der Waals surface area (Å²) in [6.07, 6.45) is 1.75. The monoisotopic (exact) mass is 726 g/mol. The van der Waals surface area contributed by atoms with E-state index in [0.717, 1.165) is 38.2 Å². The Morgan fingerprint density at radius 2 is 1.02 bits per heavy atom. The molecule has 0 aromatic heterocycles. The molecule has 0 radical (unpaired) electrons. The van der Waals surface area contributed by atoms with Gasteiger partial charge in [0.25, 0.3) is 0 Å². The van der Waals surface area contributed by atoms with Gasteiger partial charge in [-0.3, -0.25) is 24.0 Å². The van der Waals surface area contributed by atoms with Gasteiger partial charge in [0, 0.05) is 25.2 Å². The lowest BCUT2D eigenvalue weighted by Crippen LogP contribution is -2.58. The van der Waals surface area contributed by atoms with Crippen molar-refractivity contribution in [1.82, 2.24) is 26.6 Å². The molecule has 1 fully saturated rings. The van der Waals surface area contributed by atoms with Gasteiger partial charge in [0.05, 0.1) is 6.54 Å². The predicted molar refractivity (Wildman–Crippen MR) is 209 cm³/mol. The number of nitrogens with two attached hydrogens (primary N) is 1. The molecule has 0 saturated carbocycles. The molecule has 11 nitrogen and oxygen atoms in total. The van der Waals surface area contributed by atoms with Crippen LogP contribution in [0.15, 0.2) is 115 Å². The second-order valence-corrected chi connectivity index (χ2v) is 13.9. The largest absolute Gasteiger partial charge is 0.368 e. The first-order chi connectivity index (χ1) is 26.2. The number of rotatable bonds is 15. The Morgan fingerprint density at radius 1 is 0.556 bits per heavy atom. The molecule has 7 N–H and O–H groups in total. The van der Waals surface area contributed by atoms with Crippen LogP contribution in [0, 0.1) is 5.92 Å². The minimum atomic E-state index is -1.13. The van der Waals surface area contributed by atoms with Crippen molar-refractivity contribution in [3.8, 4) is 0 Å². The second-order valence-electron chi connectivity index (χ2n) is 13.9. The fourth-order valence-corrected chi connectivity index (χ4v) is 6.90. The van der Waals surface area contributed by atoms with E-state index < -0.39 is 48.3 Å². The average Bonchev–Trinajstić information content (AvgIpc) is 3.19. The van der Waals surface area contributed by atoms with E-state index in [0.29, 0.717) is 25.9 Å². The number of primary amides is 1. The van der Waals surface area contributed by atoms with E-state index in [1.54, 1.807) is 0 Å². The van der Waals surface area contributed by atoms with E-state index in [-0.39, 0.29) is 31.1 Å². The maximum Gasteiger partial charge on any atom is 0.243 e. The maximum absolute atomic E-state index is 14.4. The number of hydrogen-bond acceptors (Lipinski definition) is 6. The standard InChI is InChI=1S/C43H46N6O5/c44-39(50)27-46-41(52)36(24-28-8-2-1-3-9-28)48-43(54)38(26-30-15-17-32-11-5-7-13-35(32)23-30)49-42(53)37(47-40(51)33-18-20-45-21-19-33)25-29-14-16-31-10-4-6-12-34(31)22-29/h1-17,22-23,33,36-38,45H,18-21,24-27H2,(H2,44,50)(H,46,52)(H,47,51)(H,48,54)(H,49,53). The summed E-state index contributed by atoms with van der Waals surface area (Å²) in [7, 11) is 0. The van der Waals surface area contributed by atoms with Crippen molar-refractivity contribution < 1.29 is 24.0 Å². The number of amides is 5. The van der Waals surface area contributed by atoms with Crippen LogP contribution in [0.3, 0.4) is 0 Å². The third-order valence-corrected chi connectivity index (χ3v) is 9.84. The highest BCUT2D eigenvalue weighted by atomic mass is 16.2. The zero-order valence-electron chi connectivity index (χ0n) is 30.1. The molecule has 54 heavy (non-hydrogen) atoms. The van der Waals surface area contributed by atoms with Gasteiger partial charge in [0.1, 0.15) is 18.1 Å². The van der Waals surface area contributed by atoms with Gasteiger partial charge in [0.2, 0.25) is 29.5 Å². The van der Waals surface area contributed by atoms with Crippen molar-refractivity contribution >= 4 is 51.1 Å². The SMILES string of the molecule is NC(=O)CNC(=O)C(Cc1ccccc1)NC(=O)C(Cc1ccc2ccccc2c1)NC(=O)C(Cc1ccc2ccccc2c1)NC(=O)C1CCNCC1. The zero-order chi connectivity index (χ0) is 37.9. The lowest BCUT2D eigenvalue weighted by Gasteiger charge is -2.27. The van der Waals surface area contributed by atoms with E-state index in [1.165, 1.54) is 0 Å². The van der Waals surface area contributed by atoms with Crippen LogP contribution in [0.25, 0.3) is 21.5 Å². The van der Waals surface area contributed by atoms with E-state index in [4.69, 9.17) is 5.73 Å². The molecule has 3 unspecified atom stereocenters. The molecule has 0 aliphatic carbocycles. The fourth-order valence-electron chi connectivity index (χ4n) is 6.90. The third kappa shape index (κ3) is 10.3. The van der Waals surface area contributed by atoms with Gasteiger partial charge in [-0.25, -0.2) is 0 Å². The van der Waals surface area contributed by atoms with Gasteiger partial charge in [-0.15, -0.1) is 0 Å². The van der Waals surface area contributed by atoms with Gasteiger partial charge in [0.15, 0.2) is 0 Å². The van der Waals surface area contributed by atoms with Gasteiger partial charge in [-0.2, -0.15) is 0 Å². The molecule has 5 amide bonds. The Balaban J connectivity index is 1.29. The van der Waals surface area contributed by atoms with Gasteiger partial charge in [-0.05, 0) is 64.2 Å². The Morgan fingerprint density at radius 3 is 1.56 bits per heavy atom. The summed E-state index contributed by atoms with van der Waals surface area (Å²) in [4.78, 5) is 67.1. The first-order valence-electron chi connectivity index (χ1n) is 18.4. The summed E-state index contributed by atoms with van der Waals surface area (Å²) < 4.78 is 0. The van der Waals surface area contributed by atoms with Gasteiger partial charge < -0.3 is 32.3 Å². The van der Waals surface area contributed by atoms with E-state index in [9.17, 15) is 24.0 Å². The van der Waals surface area contributed by atoms with Crippen LogP contribution >= 0.6 is 0 Å². The first-order valence-corrected chi connectivity index (χ1v) is 18.4. The fraction of sp³-hybridized carbons (Fsp3) is 0.279. The number of piperidine rings is 1. The van der Waals surface area contributed by atoms with E-state index >= 15 is 0 Å². The molecule has 5 aromatic carbocycles. The van der Waals surface area contributed by atoms with Crippen molar-refractivity contribution in [3.63, 3.8) is 0 Å². The Hall–Kier alpha value is -6.07. The van der Waals surface area contributed by atoms with Crippen LogP contribution < -0.4 is 32.3 Å². The van der Waals surface area contributed by atoms with Crippen LogP contribution in [0.2, 0.25) is 0 Å². The molecule has 11 heteroatoms. The molecule has 0 bridgehead atoms. The van der Waals surface area contributed by atoms with Crippen molar-refractivity contribution in [1.29, 1.82) is 0 Å². The smallest absolute Gasteiger partial charge is 0.243 e. The summed E-state index contributed by atoms with van der Waals surface area (Å²) >= 11 is 0. The normalized spacial score (nSPS) is 14.7. The van der Waals surface area contributed by atoms with Crippen molar-refractivity contribution in [2.24, 2.45) is 11.7 Å². The number of benzene rings is 5. The van der Waals surface area contributed by atoms with Crippen molar-refractivity contribution in [2.45, 2.75) is 50.2 Å². The minimum Gasteiger partial charge on any atom is -0.368 e. The average molecular weight is 727 g/mol. The third-order valence-electron chi connectivity index (χ3n) is 9.84. The summed E-state index contributed by atoms with van der Waals surface area (Å²) in [6, 6.07) is 33.5. The quantitative estimate of drug-likeness (QED) is 0.0969. The van der Waals surface area contributed by atoms with Crippen molar-refractivity contribution in [2.75, 3.05) is 19.6 Å². The summed E-state index contributed by atoms with van der Waals surface area (Å²) in [6.45, 7) is 1.03. The molecular formula is C43H46N6O5. The summed E-state index contributed by atoms with van der Waals surface area (Å²) in [5, 5.41) is 18.6. The van der Waals surface area contributed by atoms with E-state index in [2.05, 4.69) is 26.6 Å². The molecule has 1 heterocycles. The minimum absolute atomic E-state index is 0.105. The van der Waals surface area contributed by atoms with Crippen LogP contribution in [0.5, 0.6) is 0 Å². The highest BCUT2D eigenvalue weighted by Crippen LogP contribution is 2.20. The maximum atomic E-state index is 14.4. The summed E-state index contributed by atoms with van der Waals surface area (Å²) in [5.74, 6) is -2.89. The second kappa shape index (κ2) is 18.1. The number of carbonyl (C=O) groups is 5. The van der Waals surface area contributed by atoms with Crippen molar-refractivity contribution in [3.05, 3.63) is 132 Å². The molecule has 5 aromatic rings. The Labute approximate surface area is 314 Å². The lowest BCUT2D eigenvalue weighted by molar-refractivity contribution is -0.134. The van der Waals surface area contributed by atoms with Crippen LogP contribution in [0.4, 0.5) is 0 Å². The van der Waals surface area contributed by atoms with E-state index in [1.807, 2.05) is 115 Å². The summed E-state index contributed by atoms with van der Waals surface area (Å²) in [5.41, 5.74) is 7.71. The molecule has 3 atom stereocenters. The molecule has 1 aliphatic heterocycles. The van der Waals surface area contributed by atoms with Gasteiger partial charge in [-0.1, -0.05) is 115 Å². The molecule has 1 saturated heterocycles. The molecule has 1 aliphatic rings. The number of fused-ring (bicyclic) bond motifs is 2. The predicted octanol–water partition coefficient (Wildman–Crippen LogP) is 3.08. The number of nitrogens with one attached hydrogen (secondary N) is 5. The highest BCUT2D eigenvalue weighted by molar-refractivity contribution is 5.96. The van der Waals surface area contributed by atoms with Gasteiger partial charge >= 0.3 is 0 Å². The lowest BCUT2D eigenvalue weighted by atomic mass is 9.95. The van der Waals surface area contributed by atoms with Crippen LogP contribution in [0.1, 0.15) is 29.5 Å². The van der Waals surface area contributed by atoms with Crippen LogP contribution in [-0.4, -0.2) is 67.3 Å². The number of hydrogen-bond donors (Lipinski definition) is 6. The Bertz CT molecular complexity index is 2120. The Kier molecular flexibility index (Phi) is 12.6. The zero-order valence-corrected chi connectivity index (χ0v) is 30.1. The highest BCUT2D eigenvalue weighted by Gasteiger charge is 2.32. The molecule has 278 valence electrons. The topological polar surface area (TPSA) is 172 Å². The molecule has 6 rings (SSSR count). The van der Waals surface area contributed by atoms with Crippen LogP contribution in [-0.2, 0) is 43.2 Å².